The van der Waals surface area contributed by atoms with Gasteiger partial charge in [-0.3, -0.25) is 18.0 Å². The summed E-state index contributed by atoms with van der Waals surface area (Å²) in [5.74, 6) is 0. The molecule has 0 bridgehead atoms. The van der Waals surface area contributed by atoms with E-state index in [1.54, 1.807) is 26.4 Å². The smallest absolute Gasteiger partial charge is 0.375 e. The number of thioether (sulfide) groups is 2. The molecule has 0 fully saturated rings. The van der Waals surface area contributed by atoms with Gasteiger partial charge in [0, 0.05) is 14.1 Å². The second-order valence-electron chi connectivity index (χ2n) is 5.60. The van der Waals surface area contributed by atoms with Crippen molar-refractivity contribution in [2.24, 2.45) is 10.3 Å². The van der Waals surface area contributed by atoms with Gasteiger partial charge in [-0.2, -0.15) is 0 Å². The molecule has 0 saturated heterocycles. The summed E-state index contributed by atoms with van der Waals surface area (Å²) in [6.45, 7) is 6.35. The van der Waals surface area contributed by atoms with Crippen molar-refractivity contribution < 1.29 is 40.8 Å². The summed E-state index contributed by atoms with van der Waals surface area (Å²) < 4.78 is 41.5. The van der Waals surface area contributed by atoms with Gasteiger partial charge in [0.2, 0.25) is 0 Å². The van der Waals surface area contributed by atoms with Crippen LogP contribution in [0.2, 0.25) is 0 Å². The van der Waals surface area contributed by atoms with Crippen LogP contribution < -0.4 is 0 Å². The Morgan fingerprint density at radius 1 is 0.970 bits per heavy atom. The summed E-state index contributed by atoms with van der Waals surface area (Å²) in [5.41, 5.74) is 0. The van der Waals surface area contributed by atoms with Gasteiger partial charge in [0.1, 0.15) is 16.2 Å². The van der Waals surface area contributed by atoms with Gasteiger partial charge in [-0.15, -0.1) is 30.1 Å². The molecular weight excluding hydrogens is 520 g/mol. The number of rotatable bonds is 13. The fourth-order valence-electron chi connectivity index (χ4n) is 1.30. The van der Waals surface area contributed by atoms with Crippen LogP contribution >= 0.6 is 23.5 Å². The van der Waals surface area contributed by atoms with E-state index in [0.717, 1.165) is 0 Å². The van der Waals surface area contributed by atoms with Crippen molar-refractivity contribution in [2.45, 2.75) is 20.0 Å². The first-order chi connectivity index (χ1) is 15.6. The number of oxime groups is 2. The van der Waals surface area contributed by atoms with Crippen LogP contribution in [0.5, 0.6) is 0 Å². The Labute approximate surface area is 206 Å². The molecule has 0 heterocycles. The van der Waals surface area contributed by atoms with Crippen LogP contribution in [-0.4, -0.2) is 91.8 Å². The quantitative estimate of drug-likeness (QED) is 0.0834. The highest BCUT2D eigenvalue weighted by Gasteiger charge is 2.25. The second-order valence-corrected chi connectivity index (χ2v) is 9.99. The van der Waals surface area contributed by atoms with E-state index in [4.69, 9.17) is 13.1 Å². The molecule has 33 heavy (non-hydrogen) atoms. The highest BCUT2D eigenvalue weighted by Crippen LogP contribution is 2.08. The Bertz CT molecular complexity index is 766. The van der Waals surface area contributed by atoms with Crippen LogP contribution in [-0.2, 0) is 45.3 Å². The van der Waals surface area contributed by atoms with E-state index >= 15 is 0 Å². The Morgan fingerprint density at radius 3 is 1.91 bits per heavy atom. The lowest BCUT2D eigenvalue weighted by molar-refractivity contribution is 0.0413. The summed E-state index contributed by atoms with van der Waals surface area (Å²) in [6, 6.07) is 0. The fraction of sp³-hybridized carbons (Fsp3) is 0.625. The number of nitrogens with zero attached hydrogens (tertiary/aromatic N) is 4. The lowest BCUT2D eigenvalue weighted by Crippen LogP contribution is -2.37. The van der Waals surface area contributed by atoms with Crippen molar-refractivity contribution >= 4 is 68.3 Å². The van der Waals surface area contributed by atoms with E-state index in [1.165, 1.54) is 43.7 Å². The van der Waals surface area contributed by atoms with Gasteiger partial charge < -0.3 is 4.74 Å². The van der Waals surface area contributed by atoms with Gasteiger partial charge in [-0.25, -0.2) is 26.6 Å². The molecule has 190 valence electrons. The molecule has 13 nitrogen and oxygen atoms in total. The molecule has 0 radical (unpaired) electrons. The molecule has 0 saturated carbocycles. The molecule has 0 aliphatic heterocycles. The van der Waals surface area contributed by atoms with Gasteiger partial charge in [-0.05, 0) is 26.4 Å². The van der Waals surface area contributed by atoms with Crippen LogP contribution in [0.1, 0.15) is 13.8 Å². The first kappa shape index (κ1) is 31.5. The molecule has 3 unspecified atom stereocenters. The van der Waals surface area contributed by atoms with Crippen LogP contribution in [0.4, 0.5) is 9.59 Å². The van der Waals surface area contributed by atoms with E-state index in [2.05, 4.69) is 26.6 Å². The normalized spacial score (nSPS) is 14.7. The van der Waals surface area contributed by atoms with Gasteiger partial charge in [-0.1, -0.05) is 16.4 Å². The van der Waals surface area contributed by atoms with Crippen LogP contribution in [0.25, 0.3) is 0 Å². The van der Waals surface area contributed by atoms with Crippen LogP contribution in [0, 0.1) is 0 Å². The zero-order valence-electron chi connectivity index (χ0n) is 19.1. The number of ether oxygens (including phenoxy) is 1. The molecule has 0 aliphatic rings. The number of carbonyl (C=O) groups excluding carboxylic acids is 2. The molecule has 0 rings (SSSR count). The maximum Gasteiger partial charge on any atom is 0.449 e. The van der Waals surface area contributed by atoms with Crippen molar-refractivity contribution in [2.75, 3.05) is 46.4 Å². The second kappa shape index (κ2) is 17.9. The van der Waals surface area contributed by atoms with E-state index in [-0.39, 0.29) is 13.2 Å². The molecule has 3 atom stereocenters. The minimum absolute atomic E-state index is 0.146. The first-order valence-corrected chi connectivity index (χ1v) is 13.5. The highest BCUT2D eigenvalue weighted by molar-refractivity contribution is 8.13. The topological polar surface area (TPSA) is 146 Å². The SMILES string of the molecule is C=CCOCC(COS(=O)N(C)C(=O)O/N=C(\C)SC)OS(=O)N(C)C(=O)O/N=C(\C)SC. The fourth-order valence-corrected chi connectivity index (χ4v) is 2.73. The highest BCUT2D eigenvalue weighted by atomic mass is 32.2. The van der Waals surface area contributed by atoms with Gasteiger partial charge >= 0.3 is 12.2 Å². The number of carbonyl (C=O) groups is 2. The molecule has 2 amide bonds. The molecular formula is C16H28N4O9S4. The van der Waals surface area contributed by atoms with Crippen LogP contribution in [0.3, 0.4) is 0 Å². The van der Waals surface area contributed by atoms with Gasteiger partial charge in [0.15, 0.2) is 0 Å². The molecule has 0 aromatic heterocycles. The van der Waals surface area contributed by atoms with E-state index < -0.39 is 47.4 Å². The lowest BCUT2D eigenvalue weighted by Gasteiger charge is -2.20. The Morgan fingerprint density at radius 2 is 1.45 bits per heavy atom. The Balaban J connectivity index is 4.96. The monoisotopic (exact) mass is 548 g/mol. The molecule has 0 spiro atoms. The van der Waals surface area contributed by atoms with Crippen molar-refractivity contribution in [3.8, 4) is 0 Å². The third-order valence-electron chi connectivity index (χ3n) is 3.17. The van der Waals surface area contributed by atoms with Crippen molar-refractivity contribution in [1.82, 2.24) is 8.61 Å². The minimum atomic E-state index is -2.32. The average molecular weight is 549 g/mol. The van der Waals surface area contributed by atoms with E-state index in [0.29, 0.717) is 18.7 Å². The van der Waals surface area contributed by atoms with Crippen LogP contribution in [0.15, 0.2) is 23.0 Å². The maximum absolute atomic E-state index is 12.4. The number of hydrogen-bond acceptors (Lipinski definition) is 13. The van der Waals surface area contributed by atoms with Gasteiger partial charge in [0.25, 0.3) is 22.5 Å². The summed E-state index contributed by atoms with van der Waals surface area (Å²) in [6.07, 6.45) is 1.87. The van der Waals surface area contributed by atoms with Gasteiger partial charge in [0.05, 0.1) is 19.8 Å². The lowest BCUT2D eigenvalue weighted by atomic mass is 10.4. The third kappa shape index (κ3) is 13.7. The molecule has 0 aliphatic carbocycles. The third-order valence-corrected chi connectivity index (χ3v) is 6.47. The van der Waals surface area contributed by atoms with E-state index in [9.17, 15) is 18.0 Å². The first-order valence-electron chi connectivity index (χ1n) is 8.96. The number of amides is 2. The standard InChI is InChI=1S/C16H28N4O9S4/c1-8-9-25-10-14(29-33(24)20(5)16(22)28-18-13(3)31-7)11-26-32(23)19(4)15(21)27-17-12(2)30-6/h8,14H,1,9-11H2,2-7H3/b17-12+,18-13+. The Hall–Kier alpha value is -1.50. The zero-order valence-corrected chi connectivity index (χ0v) is 22.3. The molecule has 17 heteroatoms. The van der Waals surface area contributed by atoms with Crippen molar-refractivity contribution in [1.29, 1.82) is 0 Å². The number of hydrogen-bond donors (Lipinski definition) is 0. The van der Waals surface area contributed by atoms with E-state index in [1.807, 2.05) is 0 Å². The summed E-state index contributed by atoms with van der Waals surface area (Å²) in [5, 5.41) is 8.05. The minimum Gasteiger partial charge on any atom is -0.375 e. The predicted molar refractivity (Wildman–Crippen MR) is 130 cm³/mol. The molecule has 0 aromatic carbocycles. The summed E-state index contributed by atoms with van der Waals surface area (Å²) >= 11 is -2.08. The maximum atomic E-state index is 12.4. The molecule has 0 aromatic rings. The Kier molecular flexibility index (Phi) is 17.1. The zero-order chi connectivity index (χ0) is 25.4. The largest absolute Gasteiger partial charge is 0.449 e. The predicted octanol–water partition coefficient (Wildman–Crippen LogP) is 2.28. The summed E-state index contributed by atoms with van der Waals surface area (Å²) in [7, 11) is 2.34. The molecule has 0 N–H and O–H groups in total. The van der Waals surface area contributed by atoms with Crippen molar-refractivity contribution in [3.63, 3.8) is 0 Å². The van der Waals surface area contributed by atoms with Crippen molar-refractivity contribution in [3.05, 3.63) is 12.7 Å². The average Bonchev–Trinajstić information content (AvgIpc) is 2.82. The summed E-state index contributed by atoms with van der Waals surface area (Å²) in [4.78, 5) is 33.1.